The molecule has 1 aliphatic heterocycles. The summed E-state index contributed by atoms with van der Waals surface area (Å²) in [6.45, 7) is -0.983. The monoisotopic (exact) mass is 443 g/mol. The van der Waals surface area contributed by atoms with Gasteiger partial charge in [0.25, 0.3) is 5.92 Å². The molecule has 8 nitrogen and oxygen atoms in total. The minimum atomic E-state index is -2.81. The van der Waals surface area contributed by atoms with Gasteiger partial charge in [-0.15, -0.1) is 0 Å². The van der Waals surface area contributed by atoms with Crippen molar-refractivity contribution in [1.29, 1.82) is 0 Å². The van der Waals surface area contributed by atoms with Crippen molar-refractivity contribution in [2.24, 2.45) is 0 Å². The fraction of sp³-hybridized carbons (Fsp3) is 0.429. The van der Waals surface area contributed by atoms with E-state index in [-0.39, 0.29) is 23.5 Å². The van der Waals surface area contributed by atoms with Crippen LogP contribution in [0.5, 0.6) is 0 Å². The Morgan fingerprint density at radius 1 is 1.09 bits per heavy atom. The number of anilines is 1. The molecular formula is C21H20F3N7O. The Morgan fingerprint density at radius 2 is 1.88 bits per heavy atom. The van der Waals surface area contributed by atoms with Crippen molar-refractivity contribution in [3.05, 3.63) is 40.8 Å². The first-order valence-corrected chi connectivity index (χ1v) is 10.7. The average Bonchev–Trinajstić information content (AvgIpc) is 3.31. The van der Waals surface area contributed by atoms with Gasteiger partial charge in [0.15, 0.2) is 11.5 Å². The van der Waals surface area contributed by atoms with Crippen LogP contribution < -0.4 is 10.6 Å². The van der Waals surface area contributed by atoms with E-state index < -0.39 is 24.8 Å². The molecule has 6 rings (SSSR count). The van der Waals surface area contributed by atoms with Gasteiger partial charge in [0, 0.05) is 12.1 Å². The number of benzene rings is 1. The summed E-state index contributed by atoms with van der Waals surface area (Å²) in [6, 6.07) is 4.16. The SMILES string of the molecule is O=c1[nH]c2c(N3CC(F)(F)C3)nc(-n3cnc4ccc(F)cc43)nc2n1C1CCCCC1. The highest BCUT2D eigenvalue weighted by atomic mass is 19.3. The topological polar surface area (TPSA) is 84.6 Å². The van der Waals surface area contributed by atoms with Crippen molar-refractivity contribution in [1.82, 2.24) is 29.1 Å². The number of hydrogen-bond donors (Lipinski definition) is 1. The third-order valence-electron chi connectivity index (χ3n) is 6.35. The zero-order chi connectivity index (χ0) is 22.0. The molecule has 1 saturated carbocycles. The lowest BCUT2D eigenvalue weighted by Gasteiger charge is -2.39. The molecule has 0 amide bonds. The van der Waals surface area contributed by atoms with E-state index in [9.17, 15) is 18.0 Å². The maximum atomic E-state index is 13.9. The molecule has 2 fully saturated rings. The van der Waals surface area contributed by atoms with Crippen LogP contribution in [0.2, 0.25) is 0 Å². The van der Waals surface area contributed by atoms with Gasteiger partial charge in [0.2, 0.25) is 5.95 Å². The molecule has 1 aromatic carbocycles. The molecule has 0 atom stereocenters. The number of alkyl halides is 2. The first-order chi connectivity index (χ1) is 15.4. The molecule has 1 saturated heterocycles. The van der Waals surface area contributed by atoms with Crippen molar-refractivity contribution in [2.75, 3.05) is 18.0 Å². The van der Waals surface area contributed by atoms with Gasteiger partial charge in [-0.05, 0) is 25.0 Å². The van der Waals surface area contributed by atoms with Crippen LogP contribution in [-0.4, -0.2) is 48.1 Å². The van der Waals surface area contributed by atoms with Gasteiger partial charge in [-0.1, -0.05) is 19.3 Å². The van der Waals surface area contributed by atoms with Crippen LogP contribution >= 0.6 is 0 Å². The molecule has 0 spiro atoms. The van der Waals surface area contributed by atoms with E-state index in [1.54, 1.807) is 10.6 Å². The van der Waals surface area contributed by atoms with Crippen LogP contribution in [0.4, 0.5) is 19.0 Å². The first kappa shape index (κ1) is 19.3. The Kier molecular flexibility index (Phi) is 4.11. The van der Waals surface area contributed by atoms with Crippen LogP contribution in [-0.2, 0) is 0 Å². The second-order valence-corrected chi connectivity index (χ2v) is 8.60. The molecule has 0 unspecified atom stereocenters. The van der Waals surface area contributed by atoms with Crippen LogP contribution in [0.15, 0.2) is 29.3 Å². The lowest BCUT2D eigenvalue weighted by Crippen LogP contribution is -2.56. The molecular weight excluding hydrogens is 423 g/mol. The van der Waals surface area contributed by atoms with E-state index in [1.165, 1.54) is 27.9 Å². The fourth-order valence-corrected chi connectivity index (χ4v) is 4.79. The summed E-state index contributed by atoms with van der Waals surface area (Å²) >= 11 is 0. The summed E-state index contributed by atoms with van der Waals surface area (Å²) < 4.78 is 44.4. The standard InChI is InChI=1S/C21H20F3N7O/c22-12-6-7-14-15(8-12)30(11-25-14)19-27-17(29-9-21(23,24)10-29)16-18(28-19)31(20(32)26-16)13-4-2-1-3-5-13/h6-8,11,13H,1-5,9-10H2,(H,26,32). The van der Waals surface area contributed by atoms with E-state index >= 15 is 0 Å². The molecule has 4 aromatic rings. The van der Waals surface area contributed by atoms with E-state index in [1.807, 2.05) is 0 Å². The number of H-pyrrole nitrogens is 1. The van der Waals surface area contributed by atoms with Crippen LogP contribution in [0.25, 0.3) is 28.1 Å². The summed E-state index contributed by atoms with van der Waals surface area (Å²) in [7, 11) is 0. The number of aromatic nitrogens is 6. The van der Waals surface area contributed by atoms with Gasteiger partial charge in [-0.3, -0.25) is 9.13 Å². The van der Waals surface area contributed by atoms with Crippen molar-refractivity contribution in [2.45, 2.75) is 44.1 Å². The van der Waals surface area contributed by atoms with Gasteiger partial charge in [-0.2, -0.15) is 9.97 Å². The van der Waals surface area contributed by atoms with Crippen molar-refractivity contribution in [3.63, 3.8) is 0 Å². The molecule has 32 heavy (non-hydrogen) atoms. The highest BCUT2D eigenvalue weighted by Crippen LogP contribution is 2.36. The van der Waals surface area contributed by atoms with E-state index in [4.69, 9.17) is 0 Å². The quantitative estimate of drug-likeness (QED) is 0.524. The minimum Gasteiger partial charge on any atom is -0.342 e. The molecule has 11 heteroatoms. The van der Waals surface area contributed by atoms with E-state index in [2.05, 4.69) is 19.9 Å². The summed E-state index contributed by atoms with van der Waals surface area (Å²) in [4.78, 5) is 30.5. The summed E-state index contributed by atoms with van der Waals surface area (Å²) in [5.74, 6) is -2.86. The maximum Gasteiger partial charge on any atom is 0.328 e. The third kappa shape index (κ3) is 2.98. The summed E-state index contributed by atoms with van der Waals surface area (Å²) in [5.41, 5.74) is 1.39. The first-order valence-electron chi connectivity index (χ1n) is 10.7. The molecule has 4 heterocycles. The Hall–Kier alpha value is -3.37. The molecule has 1 N–H and O–H groups in total. The van der Waals surface area contributed by atoms with Gasteiger partial charge in [0.1, 0.15) is 17.7 Å². The number of nitrogens with zero attached hydrogens (tertiary/aromatic N) is 6. The number of nitrogens with one attached hydrogen (secondary N) is 1. The second-order valence-electron chi connectivity index (χ2n) is 8.60. The van der Waals surface area contributed by atoms with Crippen LogP contribution in [0.1, 0.15) is 38.1 Å². The molecule has 0 bridgehead atoms. The Bertz CT molecular complexity index is 1390. The predicted molar refractivity (Wildman–Crippen MR) is 112 cm³/mol. The number of imidazole rings is 2. The Morgan fingerprint density at radius 3 is 2.62 bits per heavy atom. The van der Waals surface area contributed by atoms with Gasteiger partial charge in [-0.25, -0.2) is 22.9 Å². The van der Waals surface area contributed by atoms with Crippen LogP contribution in [0.3, 0.4) is 0 Å². The molecule has 0 radical (unpaired) electrons. The van der Waals surface area contributed by atoms with Crippen molar-refractivity contribution >= 4 is 28.0 Å². The van der Waals surface area contributed by atoms with Crippen molar-refractivity contribution in [3.8, 4) is 5.95 Å². The number of rotatable bonds is 3. The highest BCUT2D eigenvalue weighted by molar-refractivity contribution is 5.86. The molecule has 2 aliphatic rings. The summed E-state index contributed by atoms with van der Waals surface area (Å²) in [5, 5.41) is 0. The predicted octanol–water partition coefficient (Wildman–Crippen LogP) is 3.56. The van der Waals surface area contributed by atoms with Gasteiger partial charge in [0.05, 0.1) is 24.1 Å². The number of fused-ring (bicyclic) bond motifs is 2. The highest BCUT2D eigenvalue weighted by Gasteiger charge is 2.45. The zero-order valence-electron chi connectivity index (χ0n) is 17.1. The summed E-state index contributed by atoms with van der Waals surface area (Å²) in [6.07, 6.45) is 6.31. The number of halogens is 3. The van der Waals surface area contributed by atoms with Gasteiger partial charge < -0.3 is 9.88 Å². The maximum absolute atomic E-state index is 13.9. The number of aromatic amines is 1. The minimum absolute atomic E-state index is 0.0181. The smallest absolute Gasteiger partial charge is 0.328 e. The van der Waals surface area contributed by atoms with Gasteiger partial charge >= 0.3 is 5.69 Å². The number of hydrogen-bond acceptors (Lipinski definition) is 5. The lowest BCUT2D eigenvalue weighted by atomic mass is 9.95. The Labute approximate surface area is 179 Å². The zero-order valence-corrected chi connectivity index (χ0v) is 17.1. The van der Waals surface area contributed by atoms with Crippen LogP contribution in [0, 0.1) is 5.82 Å². The van der Waals surface area contributed by atoms with Crippen molar-refractivity contribution < 1.29 is 13.2 Å². The lowest BCUT2D eigenvalue weighted by molar-refractivity contribution is -0.0265. The fourth-order valence-electron chi connectivity index (χ4n) is 4.79. The molecule has 3 aromatic heterocycles. The largest absolute Gasteiger partial charge is 0.342 e. The molecule has 1 aliphatic carbocycles. The Balaban J connectivity index is 1.58. The van der Waals surface area contributed by atoms with E-state index in [0.717, 1.165) is 32.1 Å². The van der Waals surface area contributed by atoms with E-state index in [0.29, 0.717) is 22.2 Å². The molecule has 166 valence electrons. The second kappa shape index (κ2) is 6.81. The normalized spacial score (nSPS) is 19.0. The third-order valence-corrected chi connectivity index (χ3v) is 6.35. The average molecular weight is 443 g/mol.